The fourth-order valence-corrected chi connectivity index (χ4v) is 3.48. The first-order valence-corrected chi connectivity index (χ1v) is 9.10. The van der Waals surface area contributed by atoms with Crippen LogP contribution in [0.5, 0.6) is 11.5 Å². The van der Waals surface area contributed by atoms with E-state index in [0.717, 1.165) is 28.9 Å². The van der Waals surface area contributed by atoms with Gasteiger partial charge in [0.05, 0.1) is 31.2 Å². The maximum absolute atomic E-state index is 9.62. The summed E-state index contributed by atoms with van der Waals surface area (Å²) in [6, 6.07) is 5.98. The molecule has 3 rings (SSSR count). The molecule has 2 aromatic heterocycles. The number of aromatic nitrogens is 3. The highest BCUT2D eigenvalue weighted by Gasteiger charge is 2.18. The van der Waals surface area contributed by atoms with Gasteiger partial charge >= 0.3 is 0 Å². The maximum Gasteiger partial charge on any atom is 0.148 e. The zero-order valence-electron chi connectivity index (χ0n) is 17.1. The smallest absolute Gasteiger partial charge is 0.148 e. The van der Waals surface area contributed by atoms with Gasteiger partial charge in [-0.1, -0.05) is 0 Å². The van der Waals surface area contributed by atoms with Crippen LogP contribution >= 0.6 is 0 Å². The average molecular weight is 379 g/mol. The molecule has 0 amide bonds. The minimum atomic E-state index is 0.0801. The van der Waals surface area contributed by atoms with Crippen molar-refractivity contribution in [2.24, 2.45) is 7.05 Å². The van der Waals surface area contributed by atoms with Crippen LogP contribution in [0.3, 0.4) is 0 Å². The predicted molar refractivity (Wildman–Crippen MR) is 109 cm³/mol. The number of aryl methyl sites for hydroxylation is 2. The lowest BCUT2D eigenvalue weighted by Gasteiger charge is -2.19. The van der Waals surface area contributed by atoms with Gasteiger partial charge in [-0.3, -0.25) is 9.67 Å². The van der Waals surface area contributed by atoms with Gasteiger partial charge in [-0.2, -0.15) is 10.4 Å². The van der Waals surface area contributed by atoms with Crippen LogP contribution in [-0.2, 0) is 13.5 Å². The molecular formula is C21H25N5O2. The zero-order chi connectivity index (χ0) is 20.4. The second-order valence-electron chi connectivity index (χ2n) is 6.91. The summed E-state index contributed by atoms with van der Waals surface area (Å²) in [4.78, 5) is 4.43. The molecule has 0 saturated carbocycles. The number of benzene rings is 1. The molecule has 0 unspecified atom stereocenters. The Bertz CT molecular complexity index is 1070. The highest BCUT2D eigenvalue weighted by Crippen LogP contribution is 2.36. The van der Waals surface area contributed by atoms with Gasteiger partial charge in [0.15, 0.2) is 0 Å². The number of ether oxygens (including phenoxy) is 2. The van der Waals surface area contributed by atoms with Crippen LogP contribution in [0.4, 0.5) is 5.69 Å². The average Bonchev–Trinajstić information content (AvgIpc) is 2.93. The quantitative estimate of drug-likeness (QED) is 0.705. The van der Waals surface area contributed by atoms with E-state index in [2.05, 4.69) is 35.3 Å². The lowest BCUT2D eigenvalue weighted by Crippen LogP contribution is -2.20. The molecule has 0 bridgehead atoms. The number of anilines is 1. The maximum atomic E-state index is 9.62. The predicted octanol–water partition coefficient (Wildman–Crippen LogP) is 3.52. The Labute approximate surface area is 164 Å². The van der Waals surface area contributed by atoms with E-state index in [-0.39, 0.29) is 6.04 Å². The summed E-state index contributed by atoms with van der Waals surface area (Å²) in [5, 5.41) is 18.4. The molecule has 0 radical (unpaired) electrons. The Morgan fingerprint density at radius 1 is 1.25 bits per heavy atom. The first kappa shape index (κ1) is 19.5. The van der Waals surface area contributed by atoms with E-state index in [1.165, 1.54) is 5.56 Å². The number of fused-ring (bicyclic) bond motifs is 1. The number of methoxy groups -OCH3 is 2. The molecule has 0 aliphatic carbocycles. The molecule has 0 saturated heterocycles. The highest BCUT2D eigenvalue weighted by atomic mass is 16.5. The van der Waals surface area contributed by atoms with Gasteiger partial charge in [0.25, 0.3) is 0 Å². The molecule has 1 atom stereocenters. The number of hydrogen-bond donors (Lipinski definition) is 1. The summed E-state index contributed by atoms with van der Waals surface area (Å²) in [5.74, 6) is 1.25. The standard InChI is InChI=1S/C21H25N5O2/c1-12(7-17-13(2)25-26(4)14(17)3)24-20-15(10-22)11-23-21-18(20)8-16(27-5)9-19(21)28-6/h8-9,11-12H,7H2,1-6H3,(H,23,24)/t12-/m0/s1. The third-order valence-corrected chi connectivity index (χ3v) is 5.05. The fraction of sp³-hybridized carbons (Fsp3) is 0.381. The van der Waals surface area contributed by atoms with Crippen molar-refractivity contribution < 1.29 is 9.47 Å². The van der Waals surface area contributed by atoms with Crippen molar-refractivity contribution in [3.8, 4) is 17.6 Å². The van der Waals surface area contributed by atoms with Gasteiger partial charge in [-0.15, -0.1) is 0 Å². The largest absolute Gasteiger partial charge is 0.497 e. The molecule has 28 heavy (non-hydrogen) atoms. The van der Waals surface area contributed by atoms with E-state index in [9.17, 15) is 5.26 Å². The third kappa shape index (κ3) is 3.46. The molecule has 0 fully saturated rings. The van der Waals surface area contributed by atoms with Gasteiger partial charge in [0, 0.05) is 36.4 Å². The Balaban J connectivity index is 2.04. The molecule has 0 aliphatic rings. The van der Waals surface area contributed by atoms with Crippen molar-refractivity contribution in [3.05, 3.63) is 40.8 Å². The molecule has 2 heterocycles. The minimum Gasteiger partial charge on any atom is -0.497 e. The van der Waals surface area contributed by atoms with Gasteiger partial charge < -0.3 is 14.8 Å². The number of hydrogen-bond acceptors (Lipinski definition) is 6. The first-order chi connectivity index (χ1) is 13.4. The second kappa shape index (κ2) is 7.77. The SMILES string of the molecule is COc1cc(OC)c2ncc(C#N)c(N[C@@H](C)Cc3c(C)nn(C)c3C)c2c1. The van der Waals surface area contributed by atoms with Crippen LogP contribution in [0.25, 0.3) is 10.9 Å². The van der Waals surface area contributed by atoms with Crippen LogP contribution in [-0.4, -0.2) is 35.0 Å². The summed E-state index contributed by atoms with van der Waals surface area (Å²) in [6.45, 7) is 6.18. The number of nitrogens with zero attached hydrogens (tertiary/aromatic N) is 4. The lowest BCUT2D eigenvalue weighted by molar-refractivity contribution is 0.397. The number of nitrogens with one attached hydrogen (secondary N) is 1. The summed E-state index contributed by atoms with van der Waals surface area (Å²) < 4.78 is 12.8. The molecule has 0 spiro atoms. The molecule has 1 N–H and O–H groups in total. The molecular weight excluding hydrogens is 354 g/mol. The second-order valence-corrected chi connectivity index (χ2v) is 6.91. The minimum absolute atomic E-state index is 0.0801. The van der Waals surface area contributed by atoms with Crippen molar-refractivity contribution in [3.63, 3.8) is 0 Å². The molecule has 146 valence electrons. The van der Waals surface area contributed by atoms with Crippen molar-refractivity contribution in [2.45, 2.75) is 33.2 Å². The Hall–Kier alpha value is -3.27. The molecule has 7 heteroatoms. The number of pyridine rings is 1. The number of rotatable bonds is 6. The summed E-state index contributed by atoms with van der Waals surface area (Å²) >= 11 is 0. The van der Waals surface area contributed by atoms with Crippen LogP contribution in [0.1, 0.15) is 29.4 Å². The molecule has 7 nitrogen and oxygen atoms in total. The Morgan fingerprint density at radius 2 is 2.00 bits per heavy atom. The lowest BCUT2D eigenvalue weighted by atomic mass is 10.0. The van der Waals surface area contributed by atoms with Crippen LogP contribution < -0.4 is 14.8 Å². The summed E-state index contributed by atoms with van der Waals surface area (Å²) in [5.41, 5.74) is 5.29. The van der Waals surface area contributed by atoms with E-state index in [1.807, 2.05) is 24.7 Å². The van der Waals surface area contributed by atoms with Crippen molar-refractivity contribution in [1.29, 1.82) is 5.26 Å². The van der Waals surface area contributed by atoms with E-state index in [1.54, 1.807) is 26.5 Å². The normalized spacial score (nSPS) is 11.9. The molecule has 1 aromatic carbocycles. The van der Waals surface area contributed by atoms with Crippen LogP contribution in [0.15, 0.2) is 18.3 Å². The Kier molecular flexibility index (Phi) is 5.41. The van der Waals surface area contributed by atoms with Crippen LogP contribution in [0.2, 0.25) is 0 Å². The van der Waals surface area contributed by atoms with E-state index >= 15 is 0 Å². The number of nitriles is 1. The highest BCUT2D eigenvalue weighted by molar-refractivity contribution is 5.98. The van der Waals surface area contributed by atoms with Gasteiger partial charge in [-0.05, 0) is 38.8 Å². The van der Waals surface area contributed by atoms with E-state index in [0.29, 0.717) is 22.6 Å². The van der Waals surface area contributed by atoms with Crippen molar-refractivity contribution >= 4 is 16.6 Å². The zero-order valence-corrected chi connectivity index (χ0v) is 17.1. The third-order valence-electron chi connectivity index (χ3n) is 5.05. The Morgan fingerprint density at radius 3 is 2.57 bits per heavy atom. The van der Waals surface area contributed by atoms with E-state index in [4.69, 9.17) is 9.47 Å². The van der Waals surface area contributed by atoms with Crippen molar-refractivity contribution in [1.82, 2.24) is 14.8 Å². The van der Waals surface area contributed by atoms with E-state index < -0.39 is 0 Å². The van der Waals surface area contributed by atoms with Crippen molar-refractivity contribution in [2.75, 3.05) is 19.5 Å². The molecule has 3 aromatic rings. The monoisotopic (exact) mass is 379 g/mol. The van der Waals surface area contributed by atoms with Gasteiger partial charge in [-0.25, -0.2) is 0 Å². The fourth-order valence-electron chi connectivity index (χ4n) is 3.48. The summed E-state index contributed by atoms with van der Waals surface area (Å²) in [6.07, 6.45) is 2.37. The summed E-state index contributed by atoms with van der Waals surface area (Å²) in [7, 11) is 5.15. The van der Waals surface area contributed by atoms with Gasteiger partial charge in [0.2, 0.25) is 0 Å². The molecule has 0 aliphatic heterocycles. The topological polar surface area (TPSA) is 85.0 Å². The first-order valence-electron chi connectivity index (χ1n) is 9.10. The van der Waals surface area contributed by atoms with Crippen LogP contribution in [0, 0.1) is 25.2 Å². The van der Waals surface area contributed by atoms with Gasteiger partial charge in [0.1, 0.15) is 23.1 Å².